The second-order valence-electron chi connectivity index (χ2n) is 5.84. The number of alkyl halides is 1. The summed E-state index contributed by atoms with van der Waals surface area (Å²) in [5.41, 5.74) is 0.298. The SMILES string of the molecule is CO[C@@H]1CN(CC2(COC(C)C)CC2)C[C@H]1F. The number of hydrogen-bond donors (Lipinski definition) is 0. The molecule has 2 rings (SSSR count). The van der Waals surface area contributed by atoms with Crippen LogP contribution in [-0.2, 0) is 9.47 Å². The van der Waals surface area contributed by atoms with E-state index in [1.54, 1.807) is 7.11 Å². The molecule has 0 aromatic carbocycles. The summed E-state index contributed by atoms with van der Waals surface area (Å²) in [7, 11) is 1.59. The average Bonchev–Trinajstić information content (AvgIpc) is 2.94. The van der Waals surface area contributed by atoms with Crippen molar-refractivity contribution in [3.63, 3.8) is 0 Å². The van der Waals surface area contributed by atoms with E-state index in [-0.39, 0.29) is 12.2 Å². The standard InChI is InChI=1S/C13H24FNO2/c1-10(2)17-9-13(4-5-13)8-15-6-11(14)12(7-15)16-3/h10-12H,4-9H2,1-3H3/t11-,12-/m1/s1. The molecule has 100 valence electrons. The summed E-state index contributed by atoms with van der Waals surface area (Å²) in [4.78, 5) is 2.19. The molecule has 1 aliphatic carbocycles. The van der Waals surface area contributed by atoms with E-state index in [1.807, 2.05) is 0 Å². The van der Waals surface area contributed by atoms with Gasteiger partial charge in [-0.25, -0.2) is 4.39 Å². The van der Waals surface area contributed by atoms with Crippen LogP contribution >= 0.6 is 0 Å². The Morgan fingerprint density at radius 2 is 2.06 bits per heavy atom. The Labute approximate surface area is 103 Å². The molecule has 3 nitrogen and oxygen atoms in total. The molecule has 2 fully saturated rings. The average molecular weight is 245 g/mol. The lowest BCUT2D eigenvalue weighted by Gasteiger charge is -2.23. The third-order valence-corrected chi connectivity index (χ3v) is 3.82. The van der Waals surface area contributed by atoms with E-state index in [0.717, 1.165) is 19.7 Å². The molecule has 1 saturated heterocycles. The van der Waals surface area contributed by atoms with Crippen LogP contribution in [0.4, 0.5) is 4.39 Å². The molecule has 0 radical (unpaired) electrons. The molecule has 0 aromatic heterocycles. The highest BCUT2D eigenvalue weighted by atomic mass is 19.1. The molecule has 2 atom stereocenters. The predicted octanol–water partition coefficient (Wildman–Crippen LogP) is 1.86. The van der Waals surface area contributed by atoms with Gasteiger partial charge in [0.15, 0.2) is 0 Å². The van der Waals surface area contributed by atoms with Crippen LogP contribution in [0.25, 0.3) is 0 Å². The molecule has 2 aliphatic rings. The van der Waals surface area contributed by atoms with Gasteiger partial charge in [0.1, 0.15) is 12.3 Å². The molecule has 0 amide bonds. The molecule has 1 aliphatic heterocycles. The van der Waals surface area contributed by atoms with E-state index in [0.29, 0.717) is 12.0 Å². The van der Waals surface area contributed by atoms with E-state index in [2.05, 4.69) is 18.7 Å². The third-order valence-electron chi connectivity index (χ3n) is 3.82. The second-order valence-corrected chi connectivity index (χ2v) is 5.84. The van der Waals surface area contributed by atoms with Gasteiger partial charge >= 0.3 is 0 Å². The molecule has 4 heteroatoms. The summed E-state index contributed by atoms with van der Waals surface area (Å²) < 4.78 is 24.4. The van der Waals surface area contributed by atoms with Crippen LogP contribution in [0, 0.1) is 5.41 Å². The van der Waals surface area contributed by atoms with Crippen molar-refractivity contribution < 1.29 is 13.9 Å². The van der Waals surface area contributed by atoms with Gasteiger partial charge in [0.05, 0.1) is 12.7 Å². The van der Waals surface area contributed by atoms with Crippen LogP contribution in [0.2, 0.25) is 0 Å². The Kier molecular flexibility index (Phi) is 4.06. The lowest BCUT2D eigenvalue weighted by molar-refractivity contribution is 0.0307. The van der Waals surface area contributed by atoms with Crippen molar-refractivity contribution in [3.05, 3.63) is 0 Å². The second kappa shape index (κ2) is 5.21. The summed E-state index contributed by atoms with van der Waals surface area (Å²) in [6.07, 6.45) is 1.64. The maximum atomic E-state index is 13.6. The molecular formula is C13H24FNO2. The zero-order valence-corrected chi connectivity index (χ0v) is 11.1. The van der Waals surface area contributed by atoms with Gasteiger partial charge in [0, 0.05) is 32.2 Å². The van der Waals surface area contributed by atoms with Gasteiger partial charge < -0.3 is 9.47 Å². The van der Waals surface area contributed by atoms with Gasteiger partial charge in [-0.3, -0.25) is 4.90 Å². The maximum Gasteiger partial charge on any atom is 0.140 e. The number of hydrogen-bond acceptors (Lipinski definition) is 3. The Hall–Kier alpha value is -0.190. The van der Waals surface area contributed by atoms with E-state index >= 15 is 0 Å². The number of methoxy groups -OCH3 is 1. The number of ether oxygens (including phenoxy) is 2. The van der Waals surface area contributed by atoms with Crippen molar-refractivity contribution in [1.29, 1.82) is 0 Å². The molecule has 0 bridgehead atoms. The van der Waals surface area contributed by atoms with E-state index in [4.69, 9.17) is 9.47 Å². The first-order valence-electron chi connectivity index (χ1n) is 6.55. The summed E-state index contributed by atoms with van der Waals surface area (Å²) in [6, 6.07) is 0. The highest BCUT2D eigenvalue weighted by Crippen LogP contribution is 2.47. The largest absolute Gasteiger partial charge is 0.378 e. The first-order chi connectivity index (χ1) is 8.04. The molecule has 0 spiro atoms. The van der Waals surface area contributed by atoms with Gasteiger partial charge in [-0.2, -0.15) is 0 Å². The van der Waals surface area contributed by atoms with Crippen molar-refractivity contribution in [2.75, 3.05) is 33.4 Å². The number of nitrogens with zero attached hydrogens (tertiary/aromatic N) is 1. The minimum atomic E-state index is -0.832. The maximum absolute atomic E-state index is 13.6. The lowest BCUT2D eigenvalue weighted by Crippen LogP contribution is -2.32. The molecule has 1 heterocycles. The van der Waals surface area contributed by atoms with Crippen molar-refractivity contribution >= 4 is 0 Å². The van der Waals surface area contributed by atoms with Crippen molar-refractivity contribution in [3.8, 4) is 0 Å². The molecule has 17 heavy (non-hydrogen) atoms. The third kappa shape index (κ3) is 3.39. The minimum absolute atomic E-state index is 0.239. The topological polar surface area (TPSA) is 21.7 Å². The van der Waals surface area contributed by atoms with Crippen molar-refractivity contribution in [2.24, 2.45) is 5.41 Å². The summed E-state index contributed by atoms with van der Waals surface area (Å²) in [6.45, 7) is 7.13. The van der Waals surface area contributed by atoms with Gasteiger partial charge in [-0.15, -0.1) is 0 Å². The molecule has 0 N–H and O–H groups in total. The molecule has 0 unspecified atom stereocenters. The molecule has 1 saturated carbocycles. The first kappa shape index (κ1) is 13.2. The van der Waals surface area contributed by atoms with Crippen LogP contribution in [-0.4, -0.2) is 56.6 Å². The quantitative estimate of drug-likeness (QED) is 0.713. The Balaban J connectivity index is 1.77. The first-order valence-corrected chi connectivity index (χ1v) is 6.55. The number of halogens is 1. The van der Waals surface area contributed by atoms with E-state index in [1.165, 1.54) is 12.8 Å². The zero-order chi connectivity index (χ0) is 12.5. The molecular weight excluding hydrogens is 221 g/mol. The van der Waals surface area contributed by atoms with Gasteiger partial charge in [-0.1, -0.05) is 0 Å². The highest BCUT2D eigenvalue weighted by Gasteiger charge is 2.46. The lowest BCUT2D eigenvalue weighted by atomic mass is 10.1. The fourth-order valence-corrected chi connectivity index (χ4v) is 2.50. The van der Waals surface area contributed by atoms with Gasteiger partial charge in [0.25, 0.3) is 0 Å². The minimum Gasteiger partial charge on any atom is -0.378 e. The fraction of sp³-hybridized carbons (Fsp3) is 1.00. The van der Waals surface area contributed by atoms with Gasteiger partial charge in [-0.05, 0) is 26.7 Å². The van der Waals surface area contributed by atoms with Gasteiger partial charge in [0.2, 0.25) is 0 Å². The Morgan fingerprint density at radius 3 is 2.53 bits per heavy atom. The monoisotopic (exact) mass is 245 g/mol. The summed E-state index contributed by atoms with van der Waals surface area (Å²) in [5.74, 6) is 0. The highest BCUT2D eigenvalue weighted by molar-refractivity contribution is 4.98. The predicted molar refractivity (Wildman–Crippen MR) is 64.9 cm³/mol. The van der Waals surface area contributed by atoms with E-state index < -0.39 is 6.17 Å². The number of likely N-dealkylation sites (tertiary alicyclic amines) is 1. The Morgan fingerprint density at radius 1 is 1.35 bits per heavy atom. The van der Waals surface area contributed by atoms with Crippen LogP contribution in [0.3, 0.4) is 0 Å². The zero-order valence-electron chi connectivity index (χ0n) is 11.1. The van der Waals surface area contributed by atoms with Crippen molar-refractivity contribution in [2.45, 2.75) is 45.1 Å². The smallest absolute Gasteiger partial charge is 0.140 e. The number of rotatable bonds is 6. The van der Waals surface area contributed by atoms with Crippen LogP contribution < -0.4 is 0 Å². The van der Waals surface area contributed by atoms with E-state index in [9.17, 15) is 4.39 Å². The van der Waals surface area contributed by atoms with Crippen LogP contribution in [0.1, 0.15) is 26.7 Å². The summed E-state index contributed by atoms with van der Waals surface area (Å²) in [5, 5.41) is 0. The van der Waals surface area contributed by atoms with Crippen LogP contribution in [0.15, 0.2) is 0 Å². The normalized spacial score (nSPS) is 32.3. The van der Waals surface area contributed by atoms with Crippen molar-refractivity contribution in [1.82, 2.24) is 4.90 Å². The molecule has 0 aromatic rings. The summed E-state index contributed by atoms with van der Waals surface area (Å²) >= 11 is 0. The fourth-order valence-electron chi connectivity index (χ4n) is 2.50. The Bertz CT molecular complexity index is 256. The van der Waals surface area contributed by atoms with Crippen LogP contribution in [0.5, 0.6) is 0 Å².